The maximum absolute atomic E-state index is 14.3. The smallest absolute Gasteiger partial charge is 0.407 e. The first kappa shape index (κ1) is 43.1. The molecule has 3 aromatic carbocycles. The van der Waals surface area contributed by atoms with Crippen LogP contribution in [-0.2, 0) is 30.4 Å². The molecule has 4 aliphatic rings. The molecule has 16 nitrogen and oxygen atoms in total. The number of rotatable bonds is 10. The quantitative estimate of drug-likeness (QED) is 0.108. The minimum absolute atomic E-state index is 0.0274. The molecule has 0 aliphatic carbocycles. The van der Waals surface area contributed by atoms with Crippen LogP contribution in [-0.4, -0.2) is 105 Å². The number of alkyl carbamates (subject to hydrolysis) is 2. The monoisotopic (exact) mass is 874 g/mol. The molecule has 2 aromatic heterocycles. The molecule has 0 spiro atoms. The molecule has 4 amide bonds. The number of aromatic nitrogens is 4. The van der Waals surface area contributed by atoms with Gasteiger partial charge in [-0.3, -0.25) is 9.59 Å². The van der Waals surface area contributed by atoms with E-state index in [2.05, 4.69) is 57.0 Å². The van der Waals surface area contributed by atoms with E-state index in [1.165, 1.54) is 14.2 Å². The lowest BCUT2D eigenvalue weighted by Gasteiger charge is -2.36. The highest BCUT2D eigenvalue weighted by atomic mass is 16.5. The van der Waals surface area contributed by atoms with Crippen molar-refractivity contribution in [1.29, 1.82) is 0 Å². The van der Waals surface area contributed by atoms with Gasteiger partial charge in [-0.15, -0.1) is 0 Å². The van der Waals surface area contributed by atoms with E-state index in [-0.39, 0.29) is 47.8 Å². The molecule has 7 atom stereocenters. The fraction of sp³-hybridized carbons (Fsp3) is 0.500. The van der Waals surface area contributed by atoms with Gasteiger partial charge in [0.2, 0.25) is 11.8 Å². The van der Waals surface area contributed by atoms with Crippen LogP contribution >= 0.6 is 0 Å². The highest BCUT2D eigenvalue weighted by Gasteiger charge is 2.44. The SMILES string of the molecule is CCC(C)C(NC(=O)OC)C(=O)N1C(C)CCC1c1nc2c(ccc3cc4c(cc32)OCc2cc(-c3cnc(C5CCC(C)N5C(=O)C(NC(=O)OC)C5CCOCC5)[nH]3)ccc2-4)[nH]1. The van der Waals surface area contributed by atoms with Crippen molar-refractivity contribution in [1.82, 2.24) is 40.4 Å². The predicted octanol–water partition coefficient (Wildman–Crippen LogP) is 7.69. The number of hydrogen-bond acceptors (Lipinski definition) is 10. The lowest BCUT2D eigenvalue weighted by atomic mass is 9.90. The minimum Gasteiger partial charge on any atom is -0.488 e. The number of likely N-dealkylation sites (tertiary alicyclic amines) is 2. The van der Waals surface area contributed by atoms with Crippen LogP contribution in [0.4, 0.5) is 9.59 Å². The Hall–Kier alpha value is -6.16. The third kappa shape index (κ3) is 7.90. The van der Waals surface area contributed by atoms with Crippen LogP contribution in [0.1, 0.15) is 102 Å². The number of nitrogens with zero attached hydrogens (tertiary/aromatic N) is 4. The molecule has 0 saturated carbocycles. The molecule has 9 rings (SSSR count). The second-order valence-corrected chi connectivity index (χ2v) is 17.9. The third-order valence-corrected chi connectivity index (χ3v) is 14.1. The zero-order chi connectivity index (χ0) is 44.8. The number of amides is 4. The van der Waals surface area contributed by atoms with Crippen molar-refractivity contribution < 1.29 is 38.1 Å². The Bertz CT molecular complexity index is 2580. The van der Waals surface area contributed by atoms with Gasteiger partial charge in [0.25, 0.3) is 0 Å². The molecule has 338 valence electrons. The zero-order valence-corrected chi connectivity index (χ0v) is 37.4. The number of carbonyl (C=O) groups excluding carboxylic acids is 4. The van der Waals surface area contributed by atoms with Crippen molar-refractivity contribution >= 4 is 45.8 Å². The molecular weight excluding hydrogens is 817 g/mol. The van der Waals surface area contributed by atoms with E-state index in [9.17, 15) is 19.2 Å². The molecular formula is C48H58N8O8. The van der Waals surface area contributed by atoms with Gasteiger partial charge in [0, 0.05) is 36.2 Å². The summed E-state index contributed by atoms with van der Waals surface area (Å²) in [6, 6.07) is 12.7. The number of hydrogen-bond donors (Lipinski definition) is 4. The van der Waals surface area contributed by atoms with E-state index in [4.69, 9.17) is 28.9 Å². The van der Waals surface area contributed by atoms with E-state index in [0.717, 1.165) is 93.4 Å². The number of carbonyl (C=O) groups is 4. The molecule has 4 N–H and O–H groups in total. The largest absolute Gasteiger partial charge is 0.488 e. The van der Waals surface area contributed by atoms with E-state index >= 15 is 0 Å². The summed E-state index contributed by atoms with van der Waals surface area (Å²) in [5.74, 6) is 1.80. The average molecular weight is 875 g/mol. The number of fused-ring (bicyclic) bond motifs is 6. The van der Waals surface area contributed by atoms with E-state index in [1.807, 2.05) is 49.8 Å². The predicted molar refractivity (Wildman–Crippen MR) is 239 cm³/mol. The van der Waals surface area contributed by atoms with Crippen LogP contribution in [0.2, 0.25) is 0 Å². The second kappa shape index (κ2) is 17.8. The fourth-order valence-corrected chi connectivity index (χ4v) is 10.3. The van der Waals surface area contributed by atoms with Gasteiger partial charge in [-0.05, 0) is 111 Å². The Balaban J connectivity index is 0.960. The molecule has 16 heteroatoms. The molecule has 4 aliphatic heterocycles. The second-order valence-electron chi connectivity index (χ2n) is 17.9. The average Bonchev–Trinajstić information content (AvgIpc) is 4.14. The van der Waals surface area contributed by atoms with Gasteiger partial charge < -0.3 is 49.3 Å². The first-order chi connectivity index (χ1) is 31.0. The Kier molecular flexibility index (Phi) is 12.0. The summed E-state index contributed by atoms with van der Waals surface area (Å²) in [5, 5.41) is 7.60. The Labute approximate surface area is 372 Å². The number of nitrogens with one attached hydrogen (secondary N) is 4. The van der Waals surface area contributed by atoms with Crippen molar-refractivity contribution in [3.05, 3.63) is 65.9 Å². The van der Waals surface area contributed by atoms with Crippen LogP contribution in [0.15, 0.2) is 48.7 Å². The van der Waals surface area contributed by atoms with Crippen LogP contribution in [0.5, 0.6) is 5.75 Å². The molecule has 64 heavy (non-hydrogen) atoms. The van der Waals surface area contributed by atoms with Crippen LogP contribution in [0.25, 0.3) is 44.2 Å². The molecule has 0 bridgehead atoms. The molecule has 5 aromatic rings. The summed E-state index contributed by atoms with van der Waals surface area (Å²) >= 11 is 0. The summed E-state index contributed by atoms with van der Waals surface area (Å²) in [5.41, 5.74) is 6.59. The van der Waals surface area contributed by atoms with Gasteiger partial charge in [-0.2, -0.15) is 0 Å². The summed E-state index contributed by atoms with van der Waals surface area (Å²) in [7, 11) is 2.62. The summed E-state index contributed by atoms with van der Waals surface area (Å²) in [6.45, 7) is 9.54. The minimum atomic E-state index is -0.715. The molecule has 7 unspecified atom stereocenters. The fourth-order valence-electron chi connectivity index (χ4n) is 10.3. The number of H-pyrrole nitrogens is 2. The maximum Gasteiger partial charge on any atom is 0.407 e. The maximum atomic E-state index is 14.3. The zero-order valence-electron chi connectivity index (χ0n) is 37.4. The number of imidazole rings is 2. The lowest BCUT2D eigenvalue weighted by molar-refractivity contribution is -0.139. The van der Waals surface area contributed by atoms with Gasteiger partial charge in [0.1, 0.15) is 36.1 Å². The molecule has 3 fully saturated rings. The van der Waals surface area contributed by atoms with Crippen molar-refractivity contribution in [2.45, 2.75) is 115 Å². The molecule has 6 heterocycles. The normalized spacial score (nSPS) is 22.3. The Morgan fingerprint density at radius 3 is 2.25 bits per heavy atom. The van der Waals surface area contributed by atoms with Gasteiger partial charge in [0.15, 0.2) is 0 Å². The van der Waals surface area contributed by atoms with Crippen LogP contribution < -0.4 is 15.4 Å². The van der Waals surface area contributed by atoms with E-state index < -0.39 is 24.3 Å². The summed E-state index contributed by atoms with van der Waals surface area (Å²) in [6.07, 6.45) is 5.79. The highest BCUT2D eigenvalue weighted by molar-refractivity contribution is 6.07. The topological polar surface area (TPSA) is 193 Å². The van der Waals surface area contributed by atoms with Gasteiger partial charge in [0.05, 0.1) is 49.2 Å². The van der Waals surface area contributed by atoms with Crippen LogP contribution in [0.3, 0.4) is 0 Å². The van der Waals surface area contributed by atoms with Crippen molar-refractivity contribution in [2.75, 3.05) is 27.4 Å². The number of aromatic amines is 2. The number of ether oxygens (including phenoxy) is 4. The lowest BCUT2D eigenvalue weighted by Crippen LogP contribution is -2.54. The molecule has 3 saturated heterocycles. The Morgan fingerprint density at radius 2 is 1.53 bits per heavy atom. The van der Waals surface area contributed by atoms with Gasteiger partial charge in [-0.1, -0.05) is 38.5 Å². The highest BCUT2D eigenvalue weighted by Crippen LogP contribution is 2.44. The summed E-state index contributed by atoms with van der Waals surface area (Å²) < 4.78 is 21.8. The van der Waals surface area contributed by atoms with E-state index in [1.54, 1.807) is 0 Å². The van der Waals surface area contributed by atoms with Crippen LogP contribution in [0, 0.1) is 11.8 Å². The van der Waals surface area contributed by atoms with Gasteiger partial charge >= 0.3 is 12.2 Å². The summed E-state index contributed by atoms with van der Waals surface area (Å²) in [4.78, 5) is 73.9. The third-order valence-electron chi connectivity index (χ3n) is 14.1. The van der Waals surface area contributed by atoms with E-state index in [0.29, 0.717) is 38.5 Å². The van der Waals surface area contributed by atoms with Crippen molar-refractivity contribution in [3.8, 4) is 28.1 Å². The number of benzene rings is 3. The van der Waals surface area contributed by atoms with Gasteiger partial charge in [-0.25, -0.2) is 19.6 Å². The molecule has 0 radical (unpaired) electrons. The van der Waals surface area contributed by atoms with Crippen molar-refractivity contribution in [3.63, 3.8) is 0 Å². The number of methoxy groups -OCH3 is 2. The Morgan fingerprint density at radius 1 is 0.828 bits per heavy atom. The first-order valence-electron chi connectivity index (χ1n) is 22.7. The van der Waals surface area contributed by atoms with Crippen molar-refractivity contribution in [2.24, 2.45) is 11.8 Å². The first-order valence-corrected chi connectivity index (χ1v) is 22.7. The standard InChI is InChI=1S/C48H58N8O8/c1-7-25(2)40(53-47(59)61-5)45(57)56-27(4)9-15-38(56)44-50-35-13-11-29-21-34-32-12-10-30(20-31(32)24-64-39(34)22-33(29)42(35)52-44)36-23-49-43(51-36)37-14-8-26(3)55(37)46(58)41(54-48(60)62-6)28-16-18-63-19-17-28/h10-13,20-23,25-28,37-38,40-41H,7-9,14-19,24H2,1-6H3,(H,49,51)(H,50,52)(H,53,59)(H,54,60).